The topological polar surface area (TPSA) is 39.7 Å². The van der Waals surface area contributed by atoms with Crippen molar-refractivity contribution in [3.05, 3.63) is 34.3 Å². The lowest BCUT2D eigenvalue weighted by molar-refractivity contribution is 0.206. The smallest absolute Gasteiger partial charge is 0.191 e. The van der Waals surface area contributed by atoms with Gasteiger partial charge in [-0.3, -0.25) is 4.99 Å². The summed E-state index contributed by atoms with van der Waals surface area (Å²) in [6.07, 6.45) is 6.15. The summed E-state index contributed by atoms with van der Waals surface area (Å²) in [7, 11) is 1.87. The van der Waals surface area contributed by atoms with Crippen molar-refractivity contribution in [1.82, 2.24) is 15.5 Å². The third-order valence-electron chi connectivity index (χ3n) is 5.58. The van der Waals surface area contributed by atoms with Crippen LogP contribution in [-0.2, 0) is 5.41 Å². The highest BCUT2D eigenvalue weighted by atomic mass is 79.9. The van der Waals surface area contributed by atoms with Crippen LogP contribution in [0.3, 0.4) is 0 Å². The van der Waals surface area contributed by atoms with Crippen LogP contribution in [0.4, 0.5) is 0 Å². The van der Waals surface area contributed by atoms with Crippen LogP contribution in [0.15, 0.2) is 33.7 Å². The van der Waals surface area contributed by atoms with Crippen molar-refractivity contribution >= 4 is 21.9 Å². The number of rotatable bonds is 6. The molecule has 1 heterocycles. The van der Waals surface area contributed by atoms with E-state index < -0.39 is 0 Å². The number of nitrogens with zero attached hydrogens (tertiary/aromatic N) is 2. The fourth-order valence-electron chi connectivity index (χ4n) is 3.84. The number of hydrogen-bond acceptors (Lipinski definition) is 2. The number of piperidine rings is 1. The van der Waals surface area contributed by atoms with Crippen molar-refractivity contribution in [3.8, 4) is 0 Å². The molecule has 1 aromatic rings. The molecule has 0 spiro atoms. The van der Waals surface area contributed by atoms with Gasteiger partial charge in [-0.05, 0) is 50.3 Å². The Balaban J connectivity index is 1.50. The van der Waals surface area contributed by atoms with Crippen molar-refractivity contribution in [2.24, 2.45) is 4.99 Å². The summed E-state index contributed by atoms with van der Waals surface area (Å²) in [5.41, 5.74) is 1.69. The van der Waals surface area contributed by atoms with E-state index >= 15 is 0 Å². The lowest BCUT2D eigenvalue weighted by Crippen LogP contribution is -2.49. The van der Waals surface area contributed by atoms with E-state index in [0.717, 1.165) is 12.5 Å². The summed E-state index contributed by atoms with van der Waals surface area (Å²) < 4.78 is 1.22. The number of likely N-dealkylation sites (tertiary alicyclic amines) is 1. The van der Waals surface area contributed by atoms with Gasteiger partial charge in [0.25, 0.3) is 0 Å². The molecule has 1 aliphatic carbocycles. The standard InChI is InChI=1S/C20H31BrN4/c1-3-12-25-13-8-16(9-14-25)24-19(22-2)23-15-20(10-11-20)17-6-4-5-7-18(17)21/h4-7,16H,3,8-15H2,1-2H3,(H2,22,23,24). The molecule has 1 saturated carbocycles. The zero-order valence-corrected chi connectivity index (χ0v) is 17.1. The average Bonchev–Trinajstić information content (AvgIpc) is 3.41. The van der Waals surface area contributed by atoms with E-state index in [1.807, 2.05) is 7.05 Å². The molecular formula is C20H31BrN4. The normalized spacial score (nSPS) is 21.2. The number of hydrogen-bond donors (Lipinski definition) is 2. The molecule has 4 nitrogen and oxygen atoms in total. The molecule has 0 radical (unpaired) electrons. The van der Waals surface area contributed by atoms with Crippen molar-refractivity contribution in [3.63, 3.8) is 0 Å². The second-order valence-electron chi connectivity index (χ2n) is 7.45. The fourth-order valence-corrected chi connectivity index (χ4v) is 4.55. The Kier molecular flexibility index (Phi) is 6.39. The molecule has 5 heteroatoms. The van der Waals surface area contributed by atoms with E-state index in [-0.39, 0.29) is 5.41 Å². The molecule has 2 N–H and O–H groups in total. The van der Waals surface area contributed by atoms with Gasteiger partial charge in [-0.1, -0.05) is 41.1 Å². The Morgan fingerprint density at radius 2 is 2.00 bits per heavy atom. The van der Waals surface area contributed by atoms with Crippen LogP contribution in [0.5, 0.6) is 0 Å². The van der Waals surface area contributed by atoms with Crippen molar-refractivity contribution in [1.29, 1.82) is 0 Å². The molecular weight excluding hydrogens is 376 g/mol. The van der Waals surface area contributed by atoms with E-state index in [0.29, 0.717) is 6.04 Å². The SMILES string of the molecule is CCCN1CCC(NC(=NC)NCC2(c3ccccc3Br)CC2)CC1. The first-order chi connectivity index (χ1) is 12.2. The van der Waals surface area contributed by atoms with Gasteiger partial charge in [-0.15, -0.1) is 0 Å². The predicted octanol–water partition coefficient (Wildman–Crippen LogP) is 3.52. The first-order valence-corrected chi connectivity index (χ1v) is 10.4. The van der Waals surface area contributed by atoms with Crippen LogP contribution in [0.1, 0.15) is 44.6 Å². The third-order valence-corrected chi connectivity index (χ3v) is 6.28. The molecule has 1 aliphatic heterocycles. The maximum Gasteiger partial charge on any atom is 0.191 e. The maximum absolute atomic E-state index is 4.45. The Morgan fingerprint density at radius 1 is 1.28 bits per heavy atom. The van der Waals surface area contributed by atoms with Gasteiger partial charge < -0.3 is 15.5 Å². The maximum atomic E-state index is 4.45. The zero-order chi connectivity index (χ0) is 17.7. The minimum Gasteiger partial charge on any atom is -0.356 e. The van der Waals surface area contributed by atoms with Gasteiger partial charge in [0.15, 0.2) is 5.96 Å². The number of halogens is 1. The lowest BCUT2D eigenvalue weighted by atomic mass is 9.96. The molecule has 0 amide bonds. The van der Waals surface area contributed by atoms with Crippen molar-refractivity contribution in [2.75, 3.05) is 33.2 Å². The van der Waals surface area contributed by atoms with E-state index in [2.05, 4.69) is 67.6 Å². The summed E-state index contributed by atoms with van der Waals surface area (Å²) in [5, 5.41) is 7.22. The zero-order valence-electron chi connectivity index (χ0n) is 15.5. The minimum atomic E-state index is 0.266. The van der Waals surface area contributed by atoms with E-state index in [9.17, 15) is 0 Å². The van der Waals surface area contributed by atoms with Gasteiger partial charge in [-0.2, -0.15) is 0 Å². The van der Waals surface area contributed by atoms with E-state index in [4.69, 9.17) is 0 Å². The summed E-state index contributed by atoms with van der Waals surface area (Å²) in [6, 6.07) is 9.16. The first-order valence-electron chi connectivity index (χ1n) is 9.61. The highest BCUT2D eigenvalue weighted by Crippen LogP contribution is 2.49. The second-order valence-corrected chi connectivity index (χ2v) is 8.30. The van der Waals surface area contributed by atoms with Crippen LogP contribution in [-0.4, -0.2) is 50.1 Å². The molecule has 25 heavy (non-hydrogen) atoms. The number of benzene rings is 1. The predicted molar refractivity (Wildman–Crippen MR) is 109 cm³/mol. The summed E-state index contributed by atoms with van der Waals surface area (Å²) >= 11 is 3.72. The fraction of sp³-hybridized carbons (Fsp3) is 0.650. The Bertz CT molecular complexity index is 589. The van der Waals surface area contributed by atoms with Gasteiger partial charge in [0.2, 0.25) is 0 Å². The quantitative estimate of drug-likeness (QED) is 0.560. The molecule has 2 fully saturated rings. The summed E-state index contributed by atoms with van der Waals surface area (Å²) in [4.78, 5) is 7.02. The molecule has 138 valence electrons. The van der Waals surface area contributed by atoms with Gasteiger partial charge in [0.1, 0.15) is 0 Å². The van der Waals surface area contributed by atoms with Crippen LogP contribution >= 0.6 is 15.9 Å². The molecule has 0 atom stereocenters. The average molecular weight is 407 g/mol. The highest BCUT2D eigenvalue weighted by Gasteiger charge is 2.45. The molecule has 1 aromatic carbocycles. The minimum absolute atomic E-state index is 0.266. The molecule has 3 rings (SSSR count). The Morgan fingerprint density at radius 3 is 2.60 bits per heavy atom. The Labute approximate surface area is 160 Å². The number of aliphatic imine (C=N–C) groups is 1. The van der Waals surface area contributed by atoms with E-state index in [1.165, 1.54) is 61.8 Å². The lowest BCUT2D eigenvalue weighted by Gasteiger charge is -2.33. The van der Waals surface area contributed by atoms with Crippen LogP contribution in [0.25, 0.3) is 0 Å². The van der Waals surface area contributed by atoms with Gasteiger partial charge >= 0.3 is 0 Å². The van der Waals surface area contributed by atoms with Gasteiger partial charge in [0, 0.05) is 42.6 Å². The van der Waals surface area contributed by atoms with Gasteiger partial charge in [0.05, 0.1) is 0 Å². The van der Waals surface area contributed by atoms with Crippen LogP contribution in [0, 0.1) is 0 Å². The molecule has 0 bridgehead atoms. The van der Waals surface area contributed by atoms with Crippen molar-refractivity contribution in [2.45, 2.75) is 50.5 Å². The van der Waals surface area contributed by atoms with Gasteiger partial charge in [-0.25, -0.2) is 0 Å². The monoisotopic (exact) mass is 406 g/mol. The third kappa shape index (κ3) is 4.76. The Hall–Kier alpha value is -1.07. The molecule has 0 unspecified atom stereocenters. The first kappa shape index (κ1) is 18.7. The van der Waals surface area contributed by atoms with E-state index in [1.54, 1.807) is 0 Å². The summed E-state index contributed by atoms with van der Waals surface area (Å²) in [5.74, 6) is 0.951. The number of nitrogens with one attached hydrogen (secondary N) is 2. The largest absolute Gasteiger partial charge is 0.356 e. The van der Waals surface area contributed by atoms with Crippen molar-refractivity contribution < 1.29 is 0 Å². The van der Waals surface area contributed by atoms with Crippen LogP contribution in [0.2, 0.25) is 0 Å². The highest BCUT2D eigenvalue weighted by molar-refractivity contribution is 9.10. The van der Waals surface area contributed by atoms with Crippen LogP contribution < -0.4 is 10.6 Å². The summed E-state index contributed by atoms with van der Waals surface area (Å²) in [6.45, 7) is 6.83. The number of guanidine groups is 1. The molecule has 1 saturated heterocycles. The molecule has 2 aliphatic rings. The molecule has 0 aromatic heterocycles. The second kappa shape index (κ2) is 8.54.